The van der Waals surface area contributed by atoms with Crippen LogP contribution in [0, 0.1) is 5.92 Å². The van der Waals surface area contributed by atoms with Crippen LogP contribution in [0.5, 0.6) is 11.5 Å². The summed E-state index contributed by atoms with van der Waals surface area (Å²) in [7, 11) is 1.52. The van der Waals surface area contributed by atoms with Crippen LogP contribution in [-0.2, 0) is 0 Å². The first-order chi connectivity index (χ1) is 14.2. The number of carbonyl (C=O) groups excluding carboxylic acids is 1. The summed E-state index contributed by atoms with van der Waals surface area (Å²) in [4.78, 5) is 25.8. The molecule has 0 amide bonds. The first-order valence-corrected chi connectivity index (χ1v) is 9.93. The summed E-state index contributed by atoms with van der Waals surface area (Å²) >= 11 is 0. The fraction of sp³-hybridized carbons (Fsp3) is 0.280. The topological polar surface area (TPSA) is 65.7 Å². The first kappa shape index (κ1) is 20.0. The highest BCUT2D eigenvalue weighted by molar-refractivity contribution is 6.13. The van der Waals surface area contributed by atoms with Crippen LogP contribution < -0.4 is 15.1 Å². The van der Waals surface area contributed by atoms with Crippen molar-refractivity contribution in [2.45, 2.75) is 33.3 Å². The number of rotatable bonds is 4. The molecule has 2 aromatic carbocycles. The molecule has 0 N–H and O–H groups in total. The van der Waals surface area contributed by atoms with Gasteiger partial charge in [0.15, 0.2) is 11.4 Å². The van der Waals surface area contributed by atoms with Gasteiger partial charge in [-0.25, -0.2) is 4.79 Å². The Morgan fingerprint density at radius 3 is 2.47 bits per heavy atom. The van der Waals surface area contributed by atoms with Gasteiger partial charge >= 0.3 is 5.63 Å². The molecule has 0 spiro atoms. The molecule has 0 unspecified atom stereocenters. The molecule has 1 aromatic heterocycles. The van der Waals surface area contributed by atoms with Crippen molar-refractivity contribution in [1.29, 1.82) is 0 Å². The van der Waals surface area contributed by atoms with Gasteiger partial charge in [-0.1, -0.05) is 44.2 Å². The molecule has 0 bridgehead atoms. The Bertz CT molecular complexity index is 1230. The zero-order chi connectivity index (χ0) is 21.6. The third-order valence-corrected chi connectivity index (χ3v) is 5.21. The summed E-state index contributed by atoms with van der Waals surface area (Å²) < 4.78 is 17.6. The fourth-order valence-electron chi connectivity index (χ4n) is 3.77. The number of hydrogen-bond donors (Lipinski definition) is 0. The van der Waals surface area contributed by atoms with E-state index in [1.165, 1.54) is 13.2 Å². The van der Waals surface area contributed by atoms with Gasteiger partial charge in [0, 0.05) is 17.5 Å². The molecule has 154 valence electrons. The van der Waals surface area contributed by atoms with Crippen molar-refractivity contribution in [1.82, 2.24) is 0 Å². The molecule has 0 saturated heterocycles. The molecule has 30 heavy (non-hydrogen) atoms. The zero-order valence-corrected chi connectivity index (χ0v) is 17.7. The Morgan fingerprint density at radius 1 is 1.13 bits per heavy atom. The number of ether oxygens (including phenoxy) is 2. The van der Waals surface area contributed by atoms with Crippen LogP contribution in [0.1, 0.15) is 43.6 Å². The van der Waals surface area contributed by atoms with Crippen molar-refractivity contribution in [3.63, 3.8) is 0 Å². The number of Topliss-reactive ketones (excluding diaryl/α,β-unsaturated/α-hetero) is 1. The maximum absolute atomic E-state index is 13.3. The molecule has 0 radical (unpaired) electrons. The highest BCUT2D eigenvalue weighted by atomic mass is 16.5. The van der Waals surface area contributed by atoms with Gasteiger partial charge in [-0.05, 0) is 31.6 Å². The quantitative estimate of drug-likeness (QED) is 0.425. The van der Waals surface area contributed by atoms with Crippen molar-refractivity contribution in [3.8, 4) is 22.6 Å². The molecule has 3 aromatic rings. The largest absolute Gasteiger partial charge is 0.495 e. The van der Waals surface area contributed by atoms with Crippen LogP contribution in [0.25, 0.3) is 28.2 Å². The molecule has 0 atom stereocenters. The van der Waals surface area contributed by atoms with Crippen LogP contribution in [0.3, 0.4) is 0 Å². The Morgan fingerprint density at radius 2 is 1.83 bits per heavy atom. The zero-order valence-electron chi connectivity index (χ0n) is 17.7. The van der Waals surface area contributed by atoms with Crippen LogP contribution in [0.2, 0.25) is 0 Å². The molecule has 4 rings (SSSR count). The van der Waals surface area contributed by atoms with E-state index in [9.17, 15) is 9.59 Å². The lowest BCUT2D eigenvalue weighted by atomic mass is 9.89. The highest BCUT2D eigenvalue weighted by Crippen LogP contribution is 2.48. The second-order valence-corrected chi connectivity index (χ2v) is 8.26. The predicted molar refractivity (Wildman–Crippen MR) is 117 cm³/mol. The maximum atomic E-state index is 13.3. The van der Waals surface area contributed by atoms with E-state index < -0.39 is 11.2 Å². The van der Waals surface area contributed by atoms with Crippen LogP contribution in [0.4, 0.5) is 0 Å². The Balaban J connectivity index is 2.23. The van der Waals surface area contributed by atoms with E-state index in [2.05, 4.69) is 0 Å². The van der Waals surface area contributed by atoms with Crippen molar-refractivity contribution >= 4 is 22.8 Å². The number of benzene rings is 2. The lowest BCUT2D eigenvalue weighted by Crippen LogP contribution is -2.29. The molecule has 2 heterocycles. The molecule has 0 aliphatic carbocycles. The van der Waals surface area contributed by atoms with Crippen molar-refractivity contribution in [2.75, 3.05) is 7.11 Å². The molecule has 1 aliphatic rings. The predicted octanol–water partition coefficient (Wildman–Crippen LogP) is 5.49. The van der Waals surface area contributed by atoms with Gasteiger partial charge in [-0.3, -0.25) is 4.79 Å². The molecule has 0 saturated carbocycles. The minimum Gasteiger partial charge on any atom is -0.495 e. The summed E-state index contributed by atoms with van der Waals surface area (Å²) in [6, 6.07) is 11.0. The summed E-state index contributed by atoms with van der Waals surface area (Å²) in [5.74, 6) is 0.380. The van der Waals surface area contributed by atoms with Crippen LogP contribution in [0.15, 0.2) is 51.7 Å². The smallest absolute Gasteiger partial charge is 0.336 e. The van der Waals surface area contributed by atoms with Gasteiger partial charge in [0.1, 0.15) is 22.7 Å². The van der Waals surface area contributed by atoms with E-state index in [0.717, 1.165) is 5.56 Å². The van der Waals surface area contributed by atoms with Gasteiger partial charge in [-0.2, -0.15) is 0 Å². The number of ketones is 1. The summed E-state index contributed by atoms with van der Waals surface area (Å²) in [6.07, 6.45) is 3.75. The first-order valence-electron chi connectivity index (χ1n) is 9.93. The molecule has 1 aliphatic heterocycles. The molecule has 5 heteroatoms. The van der Waals surface area contributed by atoms with Gasteiger partial charge in [0.2, 0.25) is 0 Å². The lowest BCUT2D eigenvalue weighted by molar-refractivity contribution is 0.0923. The number of hydrogen-bond acceptors (Lipinski definition) is 5. The van der Waals surface area contributed by atoms with Crippen molar-refractivity contribution in [2.24, 2.45) is 5.92 Å². The fourth-order valence-corrected chi connectivity index (χ4v) is 3.77. The molecule has 0 fully saturated rings. The lowest BCUT2D eigenvalue weighted by Gasteiger charge is -2.31. The van der Waals surface area contributed by atoms with E-state index >= 15 is 0 Å². The second kappa shape index (κ2) is 7.17. The molecular weight excluding hydrogens is 380 g/mol. The summed E-state index contributed by atoms with van der Waals surface area (Å²) in [5, 5.41) is 0.582. The average Bonchev–Trinajstić information content (AvgIpc) is 2.71. The van der Waals surface area contributed by atoms with E-state index in [4.69, 9.17) is 13.9 Å². The summed E-state index contributed by atoms with van der Waals surface area (Å²) in [6.45, 7) is 7.49. The number of methoxy groups -OCH3 is 1. The maximum Gasteiger partial charge on any atom is 0.336 e. The Kier molecular flexibility index (Phi) is 4.77. The van der Waals surface area contributed by atoms with Crippen molar-refractivity contribution < 1.29 is 18.7 Å². The minimum absolute atomic E-state index is 0.0960. The minimum atomic E-state index is -0.616. The normalized spacial score (nSPS) is 14.5. The van der Waals surface area contributed by atoms with E-state index in [1.54, 1.807) is 0 Å². The van der Waals surface area contributed by atoms with Gasteiger partial charge < -0.3 is 13.9 Å². The van der Waals surface area contributed by atoms with Crippen LogP contribution in [-0.4, -0.2) is 18.5 Å². The standard InChI is InChI=1S/C25H24O5/c1-14(2)21(27)20-23-16(11-12-25(3,4)30-23)22-19(24(20)28-5)17(13-18(26)29-22)15-9-7-6-8-10-15/h6-14H,1-5H3. The van der Waals surface area contributed by atoms with Gasteiger partial charge in [0.05, 0.1) is 18.1 Å². The molecule has 5 nitrogen and oxygen atoms in total. The van der Waals surface area contributed by atoms with E-state index in [1.807, 2.05) is 70.2 Å². The molecular formula is C25H24O5. The second-order valence-electron chi connectivity index (χ2n) is 8.26. The van der Waals surface area contributed by atoms with E-state index in [0.29, 0.717) is 39.2 Å². The third-order valence-electron chi connectivity index (χ3n) is 5.21. The number of carbonyl (C=O) groups is 1. The Labute approximate surface area is 174 Å². The SMILES string of the molecule is COc1c(C(=O)C(C)C)c2c(c3oc(=O)cc(-c4ccccc4)c13)C=CC(C)(C)O2. The van der Waals surface area contributed by atoms with Gasteiger partial charge in [-0.15, -0.1) is 0 Å². The monoisotopic (exact) mass is 404 g/mol. The van der Waals surface area contributed by atoms with E-state index in [-0.39, 0.29) is 11.7 Å². The average molecular weight is 404 g/mol. The Hall–Kier alpha value is -3.34. The van der Waals surface area contributed by atoms with Crippen LogP contribution >= 0.6 is 0 Å². The van der Waals surface area contributed by atoms with Crippen molar-refractivity contribution in [3.05, 3.63) is 64.0 Å². The number of fused-ring (bicyclic) bond motifs is 3. The van der Waals surface area contributed by atoms with Gasteiger partial charge in [0.25, 0.3) is 0 Å². The highest BCUT2D eigenvalue weighted by Gasteiger charge is 2.34. The summed E-state index contributed by atoms with van der Waals surface area (Å²) in [5.41, 5.74) is 1.68. The third kappa shape index (κ3) is 3.20.